The van der Waals surface area contributed by atoms with Crippen molar-refractivity contribution in [3.05, 3.63) is 24.4 Å². The van der Waals surface area contributed by atoms with E-state index in [-0.39, 0.29) is 0 Å². The third kappa shape index (κ3) is 1.37. The fourth-order valence-corrected chi connectivity index (χ4v) is 1.03. The minimum Gasteiger partial charge on any atom is -0.445 e. The SMILES string of the molecule is O=C1/C=C/C(=O)ON2C=CC(O1)C2=O. The minimum absolute atomic E-state index is 0.601. The molecule has 0 saturated heterocycles. The Kier molecular flexibility index (Phi) is 1.81. The van der Waals surface area contributed by atoms with Gasteiger partial charge in [0, 0.05) is 18.4 Å². The Balaban J connectivity index is 2.29. The summed E-state index contributed by atoms with van der Waals surface area (Å²) in [5, 5.41) is 0.732. The van der Waals surface area contributed by atoms with Crippen LogP contribution in [0.5, 0.6) is 0 Å². The number of carbonyl (C=O) groups excluding carboxylic acids is 3. The molecule has 0 aromatic heterocycles. The van der Waals surface area contributed by atoms with Crippen LogP contribution < -0.4 is 0 Å². The molecule has 6 nitrogen and oxygen atoms in total. The predicted octanol–water partition coefficient (Wildman–Crippen LogP) is -0.718. The maximum absolute atomic E-state index is 11.3. The number of carbonyl (C=O) groups is 3. The van der Waals surface area contributed by atoms with Crippen LogP contribution >= 0.6 is 0 Å². The van der Waals surface area contributed by atoms with E-state index in [1.165, 1.54) is 12.3 Å². The highest BCUT2D eigenvalue weighted by molar-refractivity contribution is 5.96. The van der Waals surface area contributed by atoms with E-state index < -0.39 is 23.9 Å². The smallest absolute Gasteiger partial charge is 0.356 e. The van der Waals surface area contributed by atoms with Crippen LogP contribution in [0.15, 0.2) is 24.4 Å². The van der Waals surface area contributed by atoms with E-state index in [0.29, 0.717) is 0 Å². The van der Waals surface area contributed by atoms with Gasteiger partial charge in [0.2, 0.25) is 6.10 Å². The number of ether oxygens (including phenoxy) is 1. The van der Waals surface area contributed by atoms with Gasteiger partial charge in [-0.15, -0.1) is 5.06 Å². The molecular weight excluding hydrogens is 190 g/mol. The molecule has 0 N–H and O–H groups in total. The average molecular weight is 195 g/mol. The van der Waals surface area contributed by atoms with Gasteiger partial charge in [-0.1, -0.05) is 0 Å². The molecule has 2 aliphatic heterocycles. The van der Waals surface area contributed by atoms with Crippen LogP contribution in [0.3, 0.4) is 0 Å². The average Bonchev–Trinajstić information content (AvgIpc) is 2.48. The molecule has 14 heavy (non-hydrogen) atoms. The topological polar surface area (TPSA) is 72.9 Å². The van der Waals surface area contributed by atoms with Crippen molar-refractivity contribution in [3.63, 3.8) is 0 Å². The summed E-state index contributed by atoms with van der Waals surface area (Å²) in [6.45, 7) is 0. The zero-order valence-electron chi connectivity index (χ0n) is 6.88. The summed E-state index contributed by atoms with van der Waals surface area (Å²) in [7, 11) is 0. The molecule has 0 fully saturated rings. The molecule has 0 radical (unpaired) electrons. The predicted molar refractivity (Wildman–Crippen MR) is 41.1 cm³/mol. The lowest BCUT2D eigenvalue weighted by molar-refractivity contribution is -0.184. The van der Waals surface area contributed by atoms with Crippen LogP contribution in [0.25, 0.3) is 0 Å². The molecule has 2 aliphatic rings. The van der Waals surface area contributed by atoms with Gasteiger partial charge in [-0.05, 0) is 6.08 Å². The van der Waals surface area contributed by atoms with E-state index in [1.54, 1.807) is 0 Å². The van der Waals surface area contributed by atoms with Crippen LogP contribution in [0.2, 0.25) is 0 Å². The fourth-order valence-electron chi connectivity index (χ4n) is 1.03. The zero-order chi connectivity index (χ0) is 10.1. The Morgan fingerprint density at radius 1 is 1.14 bits per heavy atom. The molecular formula is C8H5NO5. The molecule has 2 bridgehead atoms. The third-order valence-corrected chi connectivity index (χ3v) is 1.64. The third-order valence-electron chi connectivity index (χ3n) is 1.64. The van der Waals surface area contributed by atoms with E-state index >= 15 is 0 Å². The molecule has 72 valence electrons. The normalized spacial score (nSPS) is 27.6. The summed E-state index contributed by atoms with van der Waals surface area (Å²) in [6.07, 6.45) is 3.36. The van der Waals surface area contributed by atoms with Crippen molar-refractivity contribution in [2.45, 2.75) is 6.10 Å². The lowest BCUT2D eigenvalue weighted by atomic mass is 10.4. The van der Waals surface area contributed by atoms with Gasteiger partial charge in [0.15, 0.2) is 0 Å². The molecule has 6 heteroatoms. The highest BCUT2D eigenvalue weighted by Crippen LogP contribution is 2.13. The highest BCUT2D eigenvalue weighted by atomic mass is 16.7. The van der Waals surface area contributed by atoms with Crippen LogP contribution in [0.1, 0.15) is 0 Å². The number of amides is 1. The van der Waals surface area contributed by atoms with Crippen molar-refractivity contribution in [1.29, 1.82) is 0 Å². The molecule has 1 amide bonds. The molecule has 0 saturated carbocycles. The van der Waals surface area contributed by atoms with E-state index in [4.69, 9.17) is 0 Å². The summed E-state index contributed by atoms with van der Waals surface area (Å²) in [4.78, 5) is 37.7. The number of nitrogens with zero attached hydrogens (tertiary/aromatic N) is 1. The van der Waals surface area contributed by atoms with Gasteiger partial charge in [0.1, 0.15) is 0 Å². The maximum Gasteiger partial charge on any atom is 0.356 e. The Morgan fingerprint density at radius 2 is 1.86 bits per heavy atom. The Hall–Kier alpha value is -2.11. The summed E-state index contributed by atoms with van der Waals surface area (Å²) >= 11 is 0. The first-order valence-corrected chi connectivity index (χ1v) is 3.79. The van der Waals surface area contributed by atoms with Crippen LogP contribution in [0, 0.1) is 0 Å². The van der Waals surface area contributed by atoms with Gasteiger partial charge in [0.25, 0.3) is 0 Å². The van der Waals surface area contributed by atoms with Crippen molar-refractivity contribution in [1.82, 2.24) is 5.06 Å². The molecule has 2 heterocycles. The highest BCUT2D eigenvalue weighted by Gasteiger charge is 2.33. The van der Waals surface area contributed by atoms with Gasteiger partial charge in [0.05, 0.1) is 0 Å². The van der Waals surface area contributed by atoms with Gasteiger partial charge < -0.3 is 9.57 Å². The number of esters is 1. The van der Waals surface area contributed by atoms with Gasteiger partial charge in [-0.25, -0.2) is 9.59 Å². The molecule has 0 aliphatic carbocycles. The largest absolute Gasteiger partial charge is 0.445 e. The van der Waals surface area contributed by atoms with Crippen molar-refractivity contribution in [3.8, 4) is 0 Å². The first kappa shape index (κ1) is 8.49. The molecule has 1 atom stereocenters. The number of hydrogen-bond acceptors (Lipinski definition) is 5. The molecule has 0 aromatic carbocycles. The van der Waals surface area contributed by atoms with E-state index in [0.717, 1.165) is 17.2 Å². The van der Waals surface area contributed by atoms with Crippen LogP contribution in [-0.2, 0) is 24.0 Å². The summed E-state index contributed by atoms with van der Waals surface area (Å²) in [5.41, 5.74) is 0. The maximum atomic E-state index is 11.3. The summed E-state index contributed by atoms with van der Waals surface area (Å²) < 4.78 is 4.69. The number of hydroxylamine groups is 2. The molecule has 0 aromatic rings. The number of rotatable bonds is 0. The van der Waals surface area contributed by atoms with E-state index in [1.807, 2.05) is 0 Å². The zero-order valence-corrected chi connectivity index (χ0v) is 6.88. The number of hydrogen-bond donors (Lipinski definition) is 0. The first-order valence-electron chi connectivity index (χ1n) is 3.79. The van der Waals surface area contributed by atoms with Gasteiger partial charge in [-0.3, -0.25) is 4.79 Å². The van der Waals surface area contributed by atoms with E-state index in [2.05, 4.69) is 9.57 Å². The second kappa shape index (κ2) is 2.99. The first-order chi connectivity index (χ1) is 6.66. The molecule has 0 spiro atoms. The lowest BCUT2D eigenvalue weighted by Gasteiger charge is -2.12. The summed E-state index contributed by atoms with van der Waals surface area (Å²) in [5.74, 6) is -2.16. The monoisotopic (exact) mass is 195 g/mol. The van der Waals surface area contributed by atoms with Crippen molar-refractivity contribution in [2.75, 3.05) is 0 Å². The van der Waals surface area contributed by atoms with E-state index in [9.17, 15) is 14.4 Å². The Morgan fingerprint density at radius 3 is 2.64 bits per heavy atom. The molecule has 2 rings (SSSR count). The Bertz CT molecular complexity index is 338. The number of fused-ring (bicyclic) bond motifs is 2. The molecule has 1 unspecified atom stereocenters. The van der Waals surface area contributed by atoms with Gasteiger partial charge in [-0.2, -0.15) is 0 Å². The quantitative estimate of drug-likeness (QED) is 0.477. The van der Waals surface area contributed by atoms with Crippen molar-refractivity contribution >= 4 is 17.8 Å². The fraction of sp³-hybridized carbons (Fsp3) is 0.125. The van der Waals surface area contributed by atoms with Gasteiger partial charge >= 0.3 is 17.8 Å². The summed E-state index contributed by atoms with van der Waals surface area (Å²) in [6, 6.07) is 0. The Labute approximate surface area is 78.3 Å². The van der Waals surface area contributed by atoms with Crippen LogP contribution in [0.4, 0.5) is 0 Å². The second-order valence-electron chi connectivity index (χ2n) is 2.61. The minimum atomic E-state index is -1.00. The van der Waals surface area contributed by atoms with Crippen LogP contribution in [-0.4, -0.2) is 29.0 Å². The van der Waals surface area contributed by atoms with Crippen molar-refractivity contribution in [2.24, 2.45) is 0 Å². The lowest BCUT2D eigenvalue weighted by Crippen LogP contribution is -2.32. The van der Waals surface area contributed by atoms with Crippen molar-refractivity contribution < 1.29 is 24.0 Å². The standard InChI is InChI=1S/C8H5NO5/c10-6-1-2-7(11)14-9-4-3-5(13-6)8(9)12/h1-5H/b2-1+. The second-order valence-corrected chi connectivity index (χ2v) is 2.61.